The van der Waals surface area contributed by atoms with Gasteiger partial charge in [0, 0.05) is 0 Å². The Labute approximate surface area is 107 Å². The average Bonchev–Trinajstić information content (AvgIpc) is 2.43. The van der Waals surface area contributed by atoms with Crippen molar-refractivity contribution in [2.75, 3.05) is 28.4 Å². The molecule has 5 heteroatoms. The van der Waals surface area contributed by atoms with Gasteiger partial charge in [0.2, 0.25) is 5.75 Å². The molecule has 5 nitrogen and oxygen atoms in total. The van der Waals surface area contributed by atoms with Gasteiger partial charge >= 0.3 is 5.97 Å². The van der Waals surface area contributed by atoms with Crippen molar-refractivity contribution in [3.63, 3.8) is 0 Å². The number of benzene rings is 1. The van der Waals surface area contributed by atoms with E-state index in [1.807, 2.05) is 0 Å². The van der Waals surface area contributed by atoms with Crippen LogP contribution in [0, 0.1) is 0 Å². The highest BCUT2D eigenvalue weighted by atomic mass is 16.5. The first kappa shape index (κ1) is 14.2. The van der Waals surface area contributed by atoms with Crippen LogP contribution >= 0.6 is 0 Å². The lowest BCUT2D eigenvalue weighted by atomic mass is 10.0. The fraction of sp³-hybridized carbons (Fsp3) is 0.462. The Kier molecular flexibility index (Phi) is 4.83. The van der Waals surface area contributed by atoms with E-state index in [2.05, 4.69) is 0 Å². The monoisotopic (exact) mass is 254 g/mol. The standard InChI is InChI=1S/C13H18O5/c1-8(13(14)18-5)9-6-10(15-2)12(17-4)11(7-9)16-3/h6-8H,1-5H3/t8-/m0/s1. The Morgan fingerprint density at radius 1 is 1.00 bits per heavy atom. The zero-order chi connectivity index (χ0) is 13.7. The second-order valence-electron chi connectivity index (χ2n) is 3.70. The summed E-state index contributed by atoms with van der Waals surface area (Å²) < 4.78 is 20.4. The van der Waals surface area contributed by atoms with E-state index in [4.69, 9.17) is 18.9 Å². The molecule has 0 N–H and O–H groups in total. The predicted molar refractivity (Wildman–Crippen MR) is 66.5 cm³/mol. The Bertz CT molecular complexity index is 402. The minimum atomic E-state index is -0.399. The molecule has 1 atom stereocenters. The summed E-state index contributed by atoms with van der Waals surface area (Å²) in [4.78, 5) is 11.5. The Hall–Kier alpha value is -1.91. The van der Waals surface area contributed by atoms with Gasteiger partial charge in [0.25, 0.3) is 0 Å². The highest BCUT2D eigenvalue weighted by Crippen LogP contribution is 2.40. The first-order valence-electron chi connectivity index (χ1n) is 5.46. The molecule has 0 aromatic heterocycles. The van der Waals surface area contributed by atoms with Gasteiger partial charge < -0.3 is 18.9 Å². The van der Waals surface area contributed by atoms with Crippen LogP contribution in [0.5, 0.6) is 17.2 Å². The quantitative estimate of drug-likeness (QED) is 0.752. The van der Waals surface area contributed by atoms with Gasteiger partial charge in [0.15, 0.2) is 11.5 Å². The summed E-state index contributed by atoms with van der Waals surface area (Å²) in [6, 6.07) is 3.48. The molecule has 0 spiro atoms. The number of hydrogen-bond acceptors (Lipinski definition) is 5. The summed E-state index contributed by atoms with van der Waals surface area (Å²) in [5.41, 5.74) is 0.747. The largest absolute Gasteiger partial charge is 0.493 e. The zero-order valence-corrected chi connectivity index (χ0v) is 11.3. The highest BCUT2D eigenvalue weighted by molar-refractivity contribution is 5.78. The fourth-order valence-corrected chi connectivity index (χ4v) is 1.66. The molecule has 0 heterocycles. The topological polar surface area (TPSA) is 54.0 Å². The highest BCUT2D eigenvalue weighted by Gasteiger charge is 2.21. The van der Waals surface area contributed by atoms with E-state index in [1.165, 1.54) is 28.4 Å². The third-order valence-corrected chi connectivity index (χ3v) is 2.74. The molecule has 0 amide bonds. The van der Waals surface area contributed by atoms with Crippen molar-refractivity contribution >= 4 is 5.97 Å². The van der Waals surface area contributed by atoms with E-state index in [0.717, 1.165) is 5.56 Å². The van der Waals surface area contributed by atoms with Crippen molar-refractivity contribution in [2.45, 2.75) is 12.8 Å². The number of esters is 1. The third-order valence-electron chi connectivity index (χ3n) is 2.74. The van der Waals surface area contributed by atoms with Crippen molar-refractivity contribution in [3.8, 4) is 17.2 Å². The molecule has 18 heavy (non-hydrogen) atoms. The van der Waals surface area contributed by atoms with Gasteiger partial charge in [0.1, 0.15) is 0 Å². The molecule has 0 saturated carbocycles. The molecule has 0 aliphatic rings. The number of rotatable bonds is 5. The van der Waals surface area contributed by atoms with Gasteiger partial charge in [-0.3, -0.25) is 4.79 Å². The first-order chi connectivity index (χ1) is 8.58. The molecule has 1 aromatic carbocycles. The van der Waals surface area contributed by atoms with Gasteiger partial charge in [-0.1, -0.05) is 0 Å². The van der Waals surface area contributed by atoms with Crippen molar-refractivity contribution in [3.05, 3.63) is 17.7 Å². The molecule has 1 aromatic rings. The molecule has 0 radical (unpaired) electrons. The molecular formula is C13H18O5. The van der Waals surface area contributed by atoms with Crippen LogP contribution < -0.4 is 14.2 Å². The van der Waals surface area contributed by atoms with Gasteiger partial charge in [0.05, 0.1) is 34.4 Å². The summed E-state index contributed by atoms with van der Waals surface area (Å²) in [5.74, 6) is 0.819. The van der Waals surface area contributed by atoms with E-state index in [9.17, 15) is 4.79 Å². The second-order valence-corrected chi connectivity index (χ2v) is 3.70. The zero-order valence-electron chi connectivity index (χ0n) is 11.3. The van der Waals surface area contributed by atoms with Crippen LogP contribution in [0.2, 0.25) is 0 Å². The van der Waals surface area contributed by atoms with Crippen LogP contribution in [0.25, 0.3) is 0 Å². The third kappa shape index (κ3) is 2.67. The lowest BCUT2D eigenvalue weighted by Crippen LogP contribution is -2.11. The van der Waals surface area contributed by atoms with Crippen molar-refractivity contribution in [1.82, 2.24) is 0 Å². The lowest BCUT2D eigenvalue weighted by molar-refractivity contribution is -0.141. The van der Waals surface area contributed by atoms with Gasteiger partial charge in [-0.05, 0) is 24.6 Å². The van der Waals surface area contributed by atoms with Crippen LogP contribution in [0.15, 0.2) is 12.1 Å². The van der Waals surface area contributed by atoms with E-state index in [-0.39, 0.29) is 5.97 Å². The number of carbonyl (C=O) groups is 1. The maximum atomic E-state index is 11.5. The van der Waals surface area contributed by atoms with Crippen molar-refractivity contribution in [1.29, 1.82) is 0 Å². The van der Waals surface area contributed by atoms with Crippen LogP contribution in [0.3, 0.4) is 0 Å². The SMILES string of the molecule is COC(=O)[C@@H](C)c1cc(OC)c(OC)c(OC)c1. The van der Waals surface area contributed by atoms with Crippen molar-refractivity contribution in [2.24, 2.45) is 0 Å². The van der Waals surface area contributed by atoms with Gasteiger partial charge in [-0.15, -0.1) is 0 Å². The fourth-order valence-electron chi connectivity index (χ4n) is 1.66. The second kappa shape index (κ2) is 6.14. The Morgan fingerprint density at radius 3 is 1.83 bits per heavy atom. The molecule has 1 rings (SSSR count). The molecule has 0 saturated heterocycles. The summed E-state index contributed by atoms with van der Waals surface area (Å²) in [5, 5.41) is 0. The van der Waals surface area contributed by atoms with Crippen LogP contribution in [0.1, 0.15) is 18.4 Å². The van der Waals surface area contributed by atoms with Gasteiger partial charge in [-0.2, -0.15) is 0 Å². The maximum absolute atomic E-state index is 11.5. The number of carbonyl (C=O) groups excluding carboxylic acids is 1. The predicted octanol–water partition coefficient (Wildman–Crippen LogP) is 1.99. The maximum Gasteiger partial charge on any atom is 0.312 e. The molecule has 0 bridgehead atoms. The van der Waals surface area contributed by atoms with Crippen molar-refractivity contribution < 1.29 is 23.7 Å². The van der Waals surface area contributed by atoms with Crippen LogP contribution in [-0.4, -0.2) is 34.4 Å². The normalized spacial score (nSPS) is 11.6. The Morgan fingerprint density at radius 2 is 1.50 bits per heavy atom. The molecule has 0 aliphatic heterocycles. The molecule has 0 fully saturated rings. The molecule has 0 aliphatic carbocycles. The minimum Gasteiger partial charge on any atom is -0.493 e. The number of methoxy groups -OCH3 is 4. The van der Waals surface area contributed by atoms with E-state index in [0.29, 0.717) is 17.2 Å². The lowest BCUT2D eigenvalue weighted by Gasteiger charge is -2.16. The molecule has 0 unspecified atom stereocenters. The summed E-state index contributed by atoms with van der Waals surface area (Å²) in [6.45, 7) is 1.76. The molecule has 100 valence electrons. The minimum absolute atomic E-state index is 0.315. The van der Waals surface area contributed by atoms with Crippen LogP contribution in [-0.2, 0) is 9.53 Å². The van der Waals surface area contributed by atoms with Gasteiger partial charge in [-0.25, -0.2) is 0 Å². The smallest absolute Gasteiger partial charge is 0.312 e. The average molecular weight is 254 g/mol. The first-order valence-corrected chi connectivity index (χ1v) is 5.46. The summed E-state index contributed by atoms with van der Waals surface area (Å²) in [7, 11) is 5.95. The van der Waals surface area contributed by atoms with E-state index < -0.39 is 5.92 Å². The van der Waals surface area contributed by atoms with Crippen LogP contribution in [0.4, 0.5) is 0 Å². The summed E-state index contributed by atoms with van der Waals surface area (Å²) in [6.07, 6.45) is 0. The van der Waals surface area contributed by atoms with E-state index >= 15 is 0 Å². The summed E-state index contributed by atoms with van der Waals surface area (Å²) >= 11 is 0. The number of hydrogen-bond donors (Lipinski definition) is 0. The number of ether oxygens (including phenoxy) is 4. The Balaban J connectivity index is 3.27. The molecular weight excluding hydrogens is 236 g/mol. The van der Waals surface area contributed by atoms with E-state index in [1.54, 1.807) is 19.1 Å².